The molecule has 0 fully saturated rings. The van der Waals surface area contributed by atoms with Gasteiger partial charge in [0.05, 0.1) is 16.9 Å². The maximum Gasteiger partial charge on any atom is 0.275 e. The fourth-order valence-electron chi connectivity index (χ4n) is 3.59. The first kappa shape index (κ1) is 17.6. The number of fused-ring (bicyclic) bond motifs is 2. The lowest BCUT2D eigenvalue weighted by molar-refractivity contribution is 0.102. The van der Waals surface area contributed by atoms with Gasteiger partial charge in [0.15, 0.2) is 0 Å². The van der Waals surface area contributed by atoms with E-state index in [0.29, 0.717) is 5.69 Å². The molecule has 0 saturated heterocycles. The van der Waals surface area contributed by atoms with Crippen molar-refractivity contribution in [3.8, 4) is 10.7 Å². The largest absolute Gasteiger partial charge is 0.342 e. The van der Waals surface area contributed by atoms with Crippen molar-refractivity contribution in [3.05, 3.63) is 77.4 Å². The van der Waals surface area contributed by atoms with Crippen LogP contribution >= 0.6 is 11.3 Å². The van der Waals surface area contributed by atoms with Gasteiger partial charge in [-0.3, -0.25) is 9.78 Å². The van der Waals surface area contributed by atoms with E-state index < -0.39 is 0 Å². The van der Waals surface area contributed by atoms with Crippen LogP contribution in [0.1, 0.15) is 16.2 Å². The Morgan fingerprint density at radius 3 is 2.69 bits per heavy atom. The van der Waals surface area contributed by atoms with Crippen LogP contribution in [0.4, 0.5) is 5.69 Å². The maximum absolute atomic E-state index is 12.9. The summed E-state index contributed by atoms with van der Waals surface area (Å²) in [6.45, 7) is 1.92. The number of carbonyl (C=O) groups is 1. The quantitative estimate of drug-likeness (QED) is 0.442. The minimum Gasteiger partial charge on any atom is -0.342 e. The second-order valence-corrected chi connectivity index (χ2v) is 7.83. The van der Waals surface area contributed by atoms with Gasteiger partial charge in [0, 0.05) is 34.4 Å². The molecule has 0 aliphatic heterocycles. The fourth-order valence-corrected chi connectivity index (χ4v) is 4.44. The van der Waals surface area contributed by atoms with Crippen molar-refractivity contribution in [3.63, 3.8) is 0 Å². The molecule has 5 rings (SSSR count). The Balaban J connectivity index is 1.48. The van der Waals surface area contributed by atoms with Crippen LogP contribution in [-0.4, -0.2) is 20.4 Å². The molecular formula is C23H18N4OS. The highest BCUT2D eigenvalue weighted by Crippen LogP contribution is 2.30. The first-order valence-corrected chi connectivity index (χ1v) is 10.2. The van der Waals surface area contributed by atoms with Crippen LogP contribution in [0, 0.1) is 6.92 Å². The van der Waals surface area contributed by atoms with Crippen LogP contribution in [-0.2, 0) is 7.05 Å². The first-order valence-electron chi connectivity index (χ1n) is 9.28. The number of nitrogens with zero attached hydrogens (tertiary/aromatic N) is 3. The third kappa shape index (κ3) is 3.07. The molecule has 0 atom stereocenters. The predicted octanol–water partition coefficient (Wildman–Crippen LogP) is 5.41. The smallest absolute Gasteiger partial charge is 0.275 e. The lowest BCUT2D eigenvalue weighted by atomic mass is 10.1. The summed E-state index contributed by atoms with van der Waals surface area (Å²) >= 11 is 1.47. The highest BCUT2D eigenvalue weighted by atomic mass is 32.1. The summed E-state index contributed by atoms with van der Waals surface area (Å²) in [5, 5.41) is 7.70. The number of hydrogen-bond donors (Lipinski definition) is 1. The highest BCUT2D eigenvalue weighted by Gasteiger charge is 2.16. The zero-order chi connectivity index (χ0) is 20.0. The van der Waals surface area contributed by atoms with E-state index in [4.69, 9.17) is 0 Å². The molecular weight excluding hydrogens is 380 g/mol. The van der Waals surface area contributed by atoms with Gasteiger partial charge in [0.2, 0.25) is 0 Å². The lowest BCUT2D eigenvalue weighted by Gasteiger charge is -2.08. The Morgan fingerprint density at radius 1 is 1.03 bits per heavy atom. The van der Waals surface area contributed by atoms with Crippen molar-refractivity contribution in [2.45, 2.75) is 6.92 Å². The van der Waals surface area contributed by atoms with Crippen molar-refractivity contribution in [1.29, 1.82) is 0 Å². The van der Waals surface area contributed by atoms with E-state index in [1.54, 1.807) is 5.38 Å². The molecule has 142 valence electrons. The van der Waals surface area contributed by atoms with Gasteiger partial charge in [-0.15, -0.1) is 11.3 Å². The van der Waals surface area contributed by atoms with Crippen molar-refractivity contribution in [1.82, 2.24) is 14.5 Å². The first-order chi connectivity index (χ1) is 14.1. The SMILES string of the molecule is Cc1cc(NC(=O)c2csc(-c3cc4ccccc4n3C)n2)c2ccccc2n1. The van der Waals surface area contributed by atoms with E-state index in [2.05, 4.69) is 38.1 Å². The van der Waals surface area contributed by atoms with E-state index in [9.17, 15) is 4.79 Å². The number of anilines is 1. The molecule has 0 bridgehead atoms. The normalized spacial score (nSPS) is 11.2. The molecule has 0 aliphatic rings. The number of hydrogen-bond acceptors (Lipinski definition) is 4. The molecule has 29 heavy (non-hydrogen) atoms. The minimum atomic E-state index is -0.220. The van der Waals surface area contributed by atoms with Gasteiger partial charge in [-0.2, -0.15) is 0 Å². The standard InChI is InChI=1S/C23H18N4OS/c1-14-11-18(16-8-4-5-9-17(16)24-14)25-22(28)19-13-29-23(26-19)21-12-15-7-3-6-10-20(15)27(21)2/h3-13H,1-2H3,(H,24,25,28). The number of amides is 1. The van der Waals surface area contributed by atoms with E-state index in [-0.39, 0.29) is 5.91 Å². The van der Waals surface area contributed by atoms with Crippen molar-refractivity contribution < 1.29 is 4.79 Å². The Hall–Kier alpha value is -3.51. The molecule has 5 nitrogen and oxygen atoms in total. The van der Waals surface area contributed by atoms with Crippen LogP contribution in [0.3, 0.4) is 0 Å². The average Bonchev–Trinajstić information content (AvgIpc) is 3.33. The fraction of sp³-hybridized carbons (Fsp3) is 0.0870. The van der Waals surface area contributed by atoms with E-state index in [1.807, 2.05) is 56.4 Å². The summed E-state index contributed by atoms with van der Waals surface area (Å²) in [6, 6.07) is 20.0. The number of benzene rings is 2. The molecule has 1 N–H and O–H groups in total. The number of aromatic nitrogens is 3. The highest BCUT2D eigenvalue weighted by molar-refractivity contribution is 7.13. The lowest BCUT2D eigenvalue weighted by Crippen LogP contribution is -2.13. The molecule has 3 heterocycles. The number of rotatable bonds is 3. The third-order valence-corrected chi connectivity index (χ3v) is 5.86. The zero-order valence-electron chi connectivity index (χ0n) is 16.0. The molecule has 1 amide bonds. The van der Waals surface area contributed by atoms with Crippen LogP contribution in [0.25, 0.3) is 32.5 Å². The number of aryl methyl sites for hydroxylation is 2. The second kappa shape index (κ2) is 6.83. The van der Waals surface area contributed by atoms with Gasteiger partial charge in [-0.1, -0.05) is 36.4 Å². The second-order valence-electron chi connectivity index (χ2n) is 6.97. The van der Waals surface area contributed by atoms with E-state index >= 15 is 0 Å². The molecule has 0 radical (unpaired) electrons. The number of para-hydroxylation sites is 2. The maximum atomic E-state index is 12.9. The Labute approximate surface area is 171 Å². The molecule has 0 unspecified atom stereocenters. The average molecular weight is 398 g/mol. The monoisotopic (exact) mass is 398 g/mol. The van der Waals surface area contributed by atoms with Gasteiger partial charge in [-0.25, -0.2) is 4.98 Å². The summed E-state index contributed by atoms with van der Waals surface area (Å²) in [4.78, 5) is 22.0. The Bertz CT molecular complexity index is 1380. The van der Waals surface area contributed by atoms with E-state index in [0.717, 1.165) is 43.9 Å². The third-order valence-electron chi connectivity index (χ3n) is 5.00. The summed E-state index contributed by atoms with van der Waals surface area (Å²) < 4.78 is 2.11. The van der Waals surface area contributed by atoms with Gasteiger partial charge in [0.1, 0.15) is 10.7 Å². The number of thiazole rings is 1. The summed E-state index contributed by atoms with van der Waals surface area (Å²) in [5.41, 5.74) is 5.01. The van der Waals surface area contributed by atoms with Gasteiger partial charge < -0.3 is 9.88 Å². The number of carbonyl (C=O) groups excluding carboxylic acids is 1. The van der Waals surface area contributed by atoms with Crippen LogP contribution < -0.4 is 5.32 Å². The summed E-state index contributed by atoms with van der Waals surface area (Å²) in [5.74, 6) is -0.220. The van der Waals surface area contributed by atoms with E-state index in [1.165, 1.54) is 11.3 Å². The molecule has 0 saturated carbocycles. The molecule has 0 aliphatic carbocycles. The summed E-state index contributed by atoms with van der Waals surface area (Å²) in [6.07, 6.45) is 0. The van der Waals surface area contributed by atoms with Crippen LogP contribution in [0.15, 0.2) is 66.0 Å². The predicted molar refractivity (Wildman–Crippen MR) is 118 cm³/mol. The van der Waals surface area contributed by atoms with Crippen molar-refractivity contribution >= 4 is 44.7 Å². The molecule has 3 aromatic heterocycles. The van der Waals surface area contributed by atoms with Crippen LogP contribution in [0.2, 0.25) is 0 Å². The molecule has 5 aromatic rings. The van der Waals surface area contributed by atoms with Crippen molar-refractivity contribution in [2.75, 3.05) is 5.32 Å². The molecule has 6 heteroatoms. The zero-order valence-corrected chi connectivity index (χ0v) is 16.8. The van der Waals surface area contributed by atoms with Gasteiger partial charge in [-0.05, 0) is 31.2 Å². The van der Waals surface area contributed by atoms with Crippen molar-refractivity contribution in [2.24, 2.45) is 7.05 Å². The Kier molecular flexibility index (Phi) is 4.14. The molecule has 2 aromatic carbocycles. The summed E-state index contributed by atoms with van der Waals surface area (Å²) in [7, 11) is 2.02. The number of pyridine rings is 1. The Morgan fingerprint density at radius 2 is 1.83 bits per heavy atom. The van der Waals surface area contributed by atoms with Crippen LogP contribution in [0.5, 0.6) is 0 Å². The molecule has 0 spiro atoms. The number of nitrogens with one attached hydrogen (secondary N) is 1. The topological polar surface area (TPSA) is 59.8 Å². The van der Waals surface area contributed by atoms with Gasteiger partial charge >= 0.3 is 0 Å². The minimum absolute atomic E-state index is 0.220. The van der Waals surface area contributed by atoms with Gasteiger partial charge in [0.25, 0.3) is 5.91 Å².